The number of carbonyl (C=O) groups is 1. The van der Waals surface area contributed by atoms with E-state index in [0.29, 0.717) is 6.54 Å². The van der Waals surface area contributed by atoms with E-state index in [-0.39, 0.29) is 12.1 Å². The maximum absolute atomic E-state index is 13.1. The Morgan fingerprint density at radius 2 is 2.04 bits per heavy atom. The van der Waals surface area contributed by atoms with Crippen molar-refractivity contribution in [1.29, 1.82) is 0 Å². The quantitative estimate of drug-likeness (QED) is 0.911. The van der Waals surface area contributed by atoms with Gasteiger partial charge in [-0.1, -0.05) is 38.5 Å². The van der Waals surface area contributed by atoms with Crippen LogP contribution in [0.4, 0.5) is 16.3 Å². The highest BCUT2D eigenvalue weighted by Gasteiger charge is 2.29. The van der Waals surface area contributed by atoms with E-state index in [4.69, 9.17) is 0 Å². The molecule has 6 nitrogen and oxygen atoms in total. The van der Waals surface area contributed by atoms with Crippen molar-refractivity contribution < 1.29 is 4.79 Å². The molecule has 2 aromatic rings. The first-order valence-corrected chi connectivity index (χ1v) is 9.43. The third-order valence-corrected chi connectivity index (χ3v) is 5.07. The predicted octanol–water partition coefficient (Wildman–Crippen LogP) is 3.64. The Kier molecular flexibility index (Phi) is 5.49. The number of aryl methyl sites for hydroxylation is 2. The minimum Gasteiger partial charge on any atom is -0.372 e. The van der Waals surface area contributed by atoms with Crippen LogP contribution in [-0.4, -0.2) is 40.3 Å². The molecule has 0 saturated carbocycles. The van der Waals surface area contributed by atoms with Gasteiger partial charge in [0.05, 0.1) is 11.7 Å². The number of likely N-dealkylation sites (N-methyl/N-ethyl adjacent to an activating group) is 1. The van der Waals surface area contributed by atoms with Gasteiger partial charge in [0.1, 0.15) is 5.82 Å². The van der Waals surface area contributed by atoms with Crippen molar-refractivity contribution in [2.45, 2.75) is 45.7 Å². The number of anilines is 2. The third-order valence-electron chi connectivity index (χ3n) is 5.07. The van der Waals surface area contributed by atoms with Crippen LogP contribution in [0.25, 0.3) is 0 Å². The van der Waals surface area contributed by atoms with Crippen molar-refractivity contribution in [1.82, 2.24) is 14.7 Å². The maximum Gasteiger partial charge on any atom is 0.323 e. The van der Waals surface area contributed by atoms with E-state index in [9.17, 15) is 4.79 Å². The lowest BCUT2D eigenvalue weighted by Crippen LogP contribution is -2.45. The number of benzene rings is 1. The zero-order valence-electron chi connectivity index (χ0n) is 16.2. The number of aromatic nitrogens is 2. The Morgan fingerprint density at radius 3 is 2.77 bits per heavy atom. The van der Waals surface area contributed by atoms with Crippen LogP contribution in [0.1, 0.15) is 37.9 Å². The smallest absolute Gasteiger partial charge is 0.323 e. The minimum atomic E-state index is -0.0620. The molecule has 1 N–H and O–H groups in total. The van der Waals surface area contributed by atoms with Crippen LogP contribution in [0, 0.1) is 0 Å². The van der Waals surface area contributed by atoms with Gasteiger partial charge in [0, 0.05) is 38.9 Å². The Hall–Kier alpha value is -2.50. The Balaban J connectivity index is 1.83. The molecule has 0 spiro atoms. The molecule has 1 atom stereocenters. The number of nitrogens with one attached hydrogen (secondary N) is 1. The largest absolute Gasteiger partial charge is 0.372 e. The Labute approximate surface area is 155 Å². The molecule has 26 heavy (non-hydrogen) atoms. The van der Waals surface area contributed by atoms with Crippen molar-refractivity contribution in [3.8, 4) is 0 Å². The zero-order valence-corrected chi connectivity index (χ0v) is 16.2. The number of para-hydroxylation sites is 1. The highest BCUT2D eigenvalue weighted by atomic mass is 16.2. The summed E-state index contributed by atoms with van der Waals surface area (Å²) in [6.07, 6.45) is 2.87. The standard InChI is InChI=1S/C20H29N5O/c1-5-9-16-12-19(24(4)22-16)21-20(26)25-13-15-10-7-8-11-18(15)23(3)14-17(25)6-2/h7-8,10-12,17H,5-6,9,13-14H2,1-4H3,(H,21,26). The van der Waals surface area contributed by atoms with Crippen LogP contribution < -0.4 is 10.2 Å². The predicted molar refractivity (Wildman–Crippen MR) is 106 cm³/mol. The monoisotopic (exact) mass is 355 g/mol. The molecule has 2 amide bonds. The molecule has 1 aliphatic heterocycles. The lowest BCUT2D eigenvalue weighted by Gasteiger charge is -2.30. The van der Waals surface area contributed by atoms with E-state index in [1.165, 1.54) is 11.3 Å². The van der Waals surface area contributed by atoms with Crippen molar-refractivity contribution in [3.05, 3.63) is 41.6 Å². The average molecular weight is 355 g/mol. The molecule has 2 heterocycles. The Bertz CT molecular complexity index is 769. The molecule has 0 fully saturated rings. The second-order valence-corrected chi connectivity index (χ2v) is 7.02. The summed E-state index contributed by atoms with van der Waals surface area (Å²) in [5.41, 5.74) is 3.39. The second kappa shape index (κ2) is 7.81. The first-order valence-electron chi connectivity index (χ1n) is 9.43. The molecule has 1 aromatic carbocycles. The molecular formula is C20H29N5O. The lowest BCUT2D eigenvalue weighted by atomic mass is 10.1. The number of nitrogens with zero attached hydrogens (tertiary/aromatic N) is 4. The van der Waals surface area contributed by atoms with Crippen LogP contribution >= 0.6 is 0 Å². The van der Waals surface area contributed by atoms with Crippen molar-refractivity contribution in [3.63, 3.8) is 0 Å². The second-order valence-electron chi connectivity index (χ2n) is 7.02. The fourth-order valence-corrected chi connectivity index (χ4v) is 3.63. The van der Waals surface area contributed by atoms with Crippen LogP contribution in [0.15, 0.2) is 30.3 Å². The van der Waals surface area contributed by atoms with Crippen LogP contribution in [0.3, 0.4) is 0 Å². The number of hydrogen-bond donors (Lipinski definition) is 1. The molecular weight excluding hydrogens is 326 g/mol. The van der Waals surface area contributed by atoms with Gasteiger partial charge < -0.3 is 9.80 Å². The van der Waals surface area contributed by atoms with E-state index in [1.807, 2.05) is 24.1 Å². The van der Waals surface area contributed by atoms with E-state index >= 15 is 0 Å². The summed E-state index contributed by atoms with van der Waals surface area (Å²) in [7, 11) is 3.97. The highest BCUT2D eigenvalue weighted by molar-refractivity contribution is 5.89. The summed E-state index contributed by atoms with van der Waals surface area (Å²) in [5.74, 6) is 0.749. The molecule has 3 rings (SSSR count). The van der Waals surface area contributed by atoms with Crippen LogP contribution in [-0.2, 0) is 20.0 Å². The first kappa shape index (κ1) is 18.3. The summed E-state index contributed by atoms with van der Waals surface area (Å²) in [4.78, 5) is 17.3. The molecule has 1 aromatic heterocycles. The van der Waals surface area contributed by atoms with Gasteiger partial charge in [0.25, 0.3) is 0 Å². The molecule has 0 bridgehead atoms. The van der Waals surface area contributed by atoms with Gasteiger partial charge in [-0.25, -0.2) is 4.79 Å². The van der Waals surface area contributed by atoms with E-state index in [0.717, 1.165) is 37.3 Å². The SMILES string of the molecule is CCCc1cc(NC(=O)N2Cc3ccccc3N(C)CC2CC)n(C)n1. The molecule has 1 aliphatic rings. The van der Waals surface area contributed by atoms with Crippen LogP contribution in [0.5, 0.6) is 0 Å². The normalized spacial score (nSPS) is 17.0. The highest BCUT2D eigenvalue weighted by Crippen LogP contribution is 2.27. The summed E-state index contributed by atoms with van der Waals surface area (Å²) in [6.45, 7) is 5.71. The number of fused-ring (bicyclic) bond motifs is 1. The van der Waals surface area contributed by atoms with Gasteiger partial charge >= 0.3 is 6.03 Å². The summed E-state index contributed by atoms with van der Waals surface area (Å²) >= 11 is 0. The fourth-order valence-electron chi connectivity index (χ4n) is 3.63. The van der Waals surface area contributed by atoms with Gasteiger partial charge in [-0.2, -0.15) is 5.10 Å². The first-order chi connectivity index (χ1) is 12.5. The number of urea groups is 1. The zero-order chi connectivity index (χ0) is 18.7. The topological polar surface area (TPSA) is 53.4 Å². The third kappa shape index (κ3) is 3.69. The number of carbonyl (C=O) groups excluding carboxylic acids is 1. The summed E-state index contributed by atoms with van der Waals surface area (Å²) in [6, 6.07) is 10.4. The van der Waals surface area contributed by atoms with Gasteiger partial charge in [-0.05, 0) is 24.5 Å². The molecule has 0 aliphatic carbocycles. The van der Waals surface area contributed by atoms with Gasteiger partial charge in [0.2, 0.25) is 0 Å². The van der Waals surface area contributed by atoms with E-state index < -0.39 is 0 Å². The molecule has 0 saturated heterocycles. The van der Waals surface area contributed by atoms with Crippen molar-refractivity contribution in [2.75, 3.05) is 23.8 Å². The number of hydrogen-bond acceptors (Lipinski definition) is 3. The number of amides is 2. The number of rotatable bonds is 4. The minimum absolute atomic E-state index is 0.0620. The summed E-state index contributed by atoms with van der Waals surface area (Å²) in [5, 5.41) is 7.54. The van der Waals surface area contributed by atoms with Crippen molar-refractivity contribution in [2.24, 2.45) is 7.05 Å². The van der Waals surface area contributed by atoms with Gasteiger partial charge in [-0.3, -0.25) is 10.00 Å². The lowest BCUT2D eigenvalue weighted by molar-refractivity contribution is 0.185. The van der Waals surface area contributed by atoms with Crippen LogP contribution in [0.2, 0.25) is 0 Å². The van der Waals surface area contributed by atoms with Gasteiger partial charge in [0.15, 0.2) is 0 Å². The average Bonchev–Trinajstić information content (AvgIpc) is 2.89. The molecule has 6 heteroatoms. The van der Waals surface area contributed by atoms with E-state index in [1.54, 1.807) is 4.68 Å². The van der Waals surface area contributed by atoms with Crippen molar-refractivity contribution >= 4 is 17.5 Å². The molecule has 0 radical (unpaired) electrons. The fraction of sp³-hybridized carbons (Fsp3) is 0.500. The maximum atomic E-state index is 13.1. The van der Waals surface area contributed by atoms with E-state index in [2.05, 4.69) is 54.4 Å². The molecule has 1 unspecified atom stereocenters. The summed E-state index contributed by atoms with van der Waals surface area (Å²) < 4.78 is 1.75. The Morgan fingerprint density at radius 1 is 1.27 bits per heavy atom. The molecule has 140 valence electrons. The van der Waals surface area contributed by atoms with Gasteiger partial charge in [-0.15, -0.1) is 0 Å².